The van der Waals surface area contributed by atoms with Gasteiger partial charge in [0.1, 0.15) is 0 Å². The van der Waals surface area contributed by atoms with Gasteiger partial charge in [0.25, 0.3) is 0 Å². The smallest absolute Gasteiger partial charge is 0.221 e. The van der Waals surface area contributed by atoms with Crippen LogP contribution in [-0.4, -0.2) is 49.0 Å². The summed E-state index contributed by atoms with van der Waals surface area (Å²) in [5.41, 5.74) is 0. The van der Waals surface area contributed by atoms with Crippen molar-refractivity contribution >= 4 is 5.91 Å². The Morgan fingerprint density at radius 3 is 2.86 bits per heavy atom. The van der Waals surface area contributed by atoms with E-state index in [0.717, 1.165) is 31.6 Å². The van der Waals surface area contributed by atoms with E-state index in [1.165, 1.54) is 12.8 Å². The average molecular weight is 298 g/mol. The van der Waals surface area contributed by atoms with Gasteiger partial charge in [0.2, 0.25) is 5.91 Å². The van der Waals surface area contributed by atoms with Crippen LogP contribution in [0.15, 0.2) is 0 Å². The van der Waals surface area contributed by atoms with Gasteiger partial charge in [0.15, 0.2) is 0 Å². The predicted molar refractivity (Wildman–Crippen MR) is 82.0 cm³/mol. The molecule has 0 saturated heterocycles. The quantitative estimate of drug-likeness (QED) is 0.559. The van der Waals surface area contributed by atoms with Crippen molar-refractivity contribution < 1.29 is 14.6 Å². The van der Waals surface area contributed by atoms with E-state index in [1.807, 2.05) is 0 Å². The van der Waals surface area contributed by atoms with Crippen molar-refractivity contribution in [2.75, 3.05) is 19.7 Å². The fourth-order valence-electron chi connectivity index (χ4n) is 2.83. The molecule has 0 aromatic rings. The van der Waals surface area contributed by atoms with E-state index in [1.54, 1.807) is 0 Å². The average Bonchev–Trinajstić information content (AvgIpc) is 3.25. The molecule has 2 aliphatic rings. The van der Waals surface area contributed by atoms with Crippen LogP contribution < -0.4 is 10.6 Å². The Labute approximate surface area is 127 Å². The second kappa shape index (κ2) is 8.71. The molecule has 3 atom stereocenters. The Kier molecular flexibility index (Phi) is 6.93. The zero-order valence-electron chi connectivity index (χ0n) is 13.1. The first-order chi connectivity index (χ1) is 10.1. The zero-order valence-corrected chi connectivity index (χ0v) is 13.1. The lowest BCUT2D eigenvalue weighted by Gasteiger charge is -2.27. The molecule has 0 aromatic heterocycles. The molecule has 0 aliphatic heterocycles. The van der Waals surface area contributed by atoms with E-state index in [0.29, 0.717) is 38.3 Å². The van der Waals surface area contributed by atoms with Gasteiger partial charge in [-0.3, -0.25) is 4.79 Å². The number of hydrogen-bond acceptors (Lipinski definition) is 4. The molecule has 0 radical (unpaired) electrons. The molecule has 2 rings (SSSR count). The van der Waals surface area contributed by atoms with Crippen LogP contribution >= 0.6 is 0 Å². The molecule has 5 heteroatoms. The highest BCUT2D eigenvalue weighted by atomic mass is 16.5. The highest BCUT2D eigenvalue weighted by Gasteiger charge is 2.23. The van der Waals surface area contributed by atoms with Crippen molar-refractivity contribution in [1.29, 1.82) is 0 Å². The highest BCUT2D eigenvalue weighted by molar-refractivity contribution is 5.76. The molecule has 3 N–H and O–H groups in total. The number of nitrogens with one attached hydrogen (secondary N) is 2. The van der Waals surface area contributed by atoms with Crippen molar-refractivity contribution in [3.63, 3.8) is 0 Å². The van der Waals surface area contributed by atoms with E-state index in [2.05, 4.69) is 17.6 Å². The summed E-state index contributed by atoms with van der Waals surface area (Å²) < 4.78 is 5.78. The summed E-state index contributed by atoms with van der Waals surface area (Å²) >= 11 is 0. The van der Waals surface area contributed by atoms with Gasteiger partial charge < -0.3 is 20.5 Å². The Bertz CT molecular complexity index is 321. The minimum absolute atomic E-state index is 0.104. The van der Waals surface area contributed by atoms with Crippen LogP contribution in [0.5, 0.6) is 0 Å². The topological polar surface area (TPSA) is 70.6 Å². The molecule has 0 heterocycles. The van der Waals surface area contributed by atoms with Crippen molar-refractivity contribution in [3.05, 3.63) is 0 Å². The molecule has 2 fully saturated rings. The SMILES string of the molecule is CC1CCCC(OCC(O)CNCCC(=O)NC2CC2)C1. The predicted octanol–water partition coefficient (Wildman–Crippen LogP) is 1.20. The largest absolute Gasteiger partial charge is 0.389 e. The fraction of sp³-hybridized carbons (Fsp3) is 0.938. The van der Waals surface area contributed by atoms with Gasteiger partial charge >= 0.3 is 0 Å². The highest BCUT2D eigenvalue weighted by Crippen LogP contribution is 2.25. The molecule has 2 aliphatic carbocycles. The van der Waals surface area contributed by atoms with Gasteiger partial charge in [-0.2, -0.15) is 0 Å². The molecule has 3 unspecified atom stereocenters. The van der Waals surface area contributed by atoms with Crippen LogP contribution in [0.25, 0.3) is 0 Å². The van der Waals surface area contributed by atoms with Crippen LogP contribution in [0, 0.1) is 5.92 Å². The summed E-state index contributed by atoms with van der Waals surface area (Å²) in [6.45, 7) is 3.74. The van der Waals surface area contributed by atoms with Gasteiger partial charge in [-0.05, 0) is 31.6 Å². The van der Waals surface area contributed by atoms with E-state index in [9.17, 15) is 9.90 Å². The number of aliphatic hydroxyl groups excluding tert-OH is 1. The van der Waals surface area contributed by atoms with Crippen LogP contribution in [0.3, 0.4) is 0 Å². The molecule has 21 heavy (non-hydrogen) atoms. The maximum absolute atomic E-state index is 11.5. The van der Waals surface area contributed by atoms with E-state index < -0.39 is 6.10 Å². The maximum atomic E-state index is 11.5. The summed E-state index contributed by atoms with van der Waals surface area (Å²) in [6, 6.07) is 0.425. The first kappa shape index (κ1) is 16.7. The monoisotopic (exact) mass is 298 g/mol. The Balaban J connectivity index is 1.45. The number of rotatable bonds is 9. The number of carbonyl (C=O) groups excluding carboxylic acids is 1. The van der Waals surface area contributed by atoms with Gasteiger partial charge in [-0.25, -0.2) is 0 Å². The number of carbonyl (C=O) groups is 1. The normalized spacial score (nSPS) is 27.3. The van der Waals surface area contributed by atoms with Crippen molar-refractivity contribution in [2.24, 2.45) is 5.92 Å². The number of ether oxygens (including phenoxy) is 1. The van der Waals surface area contributed by atoms with Gasteiger partial charge in [0.05, 0.1) is 18.8 Å². The van der Waals surface area contributed by atoms with Crippen LogP contribution in [-0.2, 0) is 9.53 Å². The Morgan fingerprint density at radius 1 is 1.33 bits per heavy atom. The summed E-state index contributed by atoms with van der Waals surface area (Å²) in [6.07, 6.45) is 7.30. The number of aliphatic hydroxyl groups is 1. The molecule has 0 aromatic carbocycles. The minimum atomic E-state index is -0.492. The lowest BCUT2D eigenvalue weighted by atomic mass is 9.89. The second-order valence-electron chi connectivity index (χ2n) is 6.68. The van der Waals surface area contributed by atoms with Crippen molar-refractivity contribution in [1.82, 2.24) is 10.6 Å². The molecule has 2 saturated carbocycles. The summed E-state index contributed by atoms with van der Waals surface area (Å²) in [4.78, 5) is 11.5. The van der Waals surface area contributed by atoms with Crippen LogP contribution in [0.4, 0.5) is 0 Å². The van der Waals surface area contributed by atoms with E-state index in [4.69, 9.17) is 4.74 Å². The third-order valence-corrected chi connectivity index (χ3v) is 4.26. The summed E-state index contributed by atoms with van der Waals surface area (Å²) in [7, 11) is 0. The lowest BCUT2D eigenvalue weighted by molar-refractivity contribution is -0.121. The molecule has 122 valence electrons. The maximum Gasteiger partial charge on any atom is 0.221 e. The molecule has 0 spiro atoms. The fourth-order valence-corrected chi connectivity index (χ4v) is 2.83. The first-order valence-electron chi connectivity index (χ1n) is 8.43. The zero-order chi connectivity index (χ0) is 15.1. The molecular weight excluding hydrogens is 268 g/mol. The number of hydrogen-bond donors (Lipinski definition) is 3. The number of amides is 1. The third-order valence-electron chi connectivity index (χ3n) is 4.26. The minimum Gasteiger partial charge on any atom is -0.389 e. The third kappa shape index (κ3) is 7.25. The van der Waals surface area contributed by atoms with Gasteiger partial charge in [0, 0.05) is 25.6 Å². The molecular formula is C16H30N2O3. The van der Waals surface area contributed by atoms with Crippen molar-refractivity contribution in [3.8, 4) is 0 Å². The standard InChI is InChI=1S/C16H30N2O3/c1-12-3-2-4-15(9-12)21-11-14(19)10-17-8-7-16(20)18-13-5-6-13/h12-15,17,19H,2-11H2,1H3,(H,18,20). The first-order valence-corrected chi connectivity index (χ1v) is 8.43. The second-order valence-corrected chi connectivity index (χ2v) is 6.68. The molecule has 1 amide bonds. The van der Waals surface area contributed by atoms with E-state index in [-0.39, 0.29) is 5.91 Å². The van der Waals surface area contributed by atoms with Gasteiger partial charge in [-0.1, -0.05) is 19.8 Å². The van der Waals surface area contributed by atoms with Gasteiger partial charge in [-0.15, -0.1) is 0 Å². The molecule has 0 bridgehead atoms. The summed E-state index contributed by atoms with van der Waals surface area (Å²) in [5.74, 6) is 0.843. The lowest BCUT2D eigenvalue weighted by Crippen LogP contribution is -2.35. The van der Waals surface area contributed by atoms with Crippen molar-refractivity contribution in [2.45, 2.75) is 70.1 Å². The molecule has 5 nitrogen and oxygen atoms in total. The van der Waals surface area contributed by atoms with Crippen LogP contribution in [0.1, 0.15) is 51.9 Å². The van der Waals surface area contributed by atoms with E-state index >= 15 is 0 Å². The van der Waals surface area contributed by atoms with Crippen LogP contribution in [0.2, 0.25) is 0 Å². The Hall–Kier alpha value is -0.650. The Morgan fingerprint density at radius 2 is 2.14 bits per heavy atom. The summed E-state index contributed by atoms with van der Waals surface area (Å²) in [5, 5.41) is 15.9.